The van der Waals surface area contributed by atoms with Crippen LogP contribution in [0.3, 0.4) is 0 Å². The van der Waals surface area contributed by atoms with E-state index in [1.165, 1.54) is 0 Å². The van der Waals surface area contributed by atoms with Crippen molar-refractivity contribution >= 4 is 17.7 Å². The molecule has 2 aromatic rings. The van der Waals surface area contributed by atoms with Gasteiger partial charge in [0.05, 0.1) is 24.0 Å². The minimum atomic E-state index is -0.919. The summed E-state index contributed by atoms with van der Waals surface area (Å²) in [6.45, 7) is 4.16. The van der Waals surface area contributed by atoms with Crippen molar-refractivity contribution in [2.24, 2.45) is 5.92 Å². The largest absolute Gasteiger partial charge is 0.469 e. The first-order chi connectivity index (χ1) is 13.5. The Morgan fingerprint density at radius 3 is 2.36 bits per heavy atom. The Labute approximate surface area is 163 Å². The summed E-state index contributed by atoms with van der Waals surface area (Å²) < 4.78 is 5.24. The van der Waals surface area contributed by atoms with Gasteiger partial charge in [-0.25, -0.2) is 5.48 Å². The lowest BCUT2D eigenvalue weighted by Crippen LogP contribution is -2.50. The van der Waals surface area contributed by atoms with Crippen LogP contribution >= 0.6 is 0 Å². The maximum atomic E-state index is 12.7. The number of nitrogens with one attached hydrogen (secondary N) is 1. The third-order valence-corrected chi connectivity index (χ3v) is 4.56. The predicted molar refractivity (Wildman–Crippen MR) is 101 cm³/mol. The number of rotatable bonds is 9. The number of hydroxylamine groups is 1. The lowest BCUT2D eigenvalue weighted by molar-refractivity contribution is -0.138. The van der Waals surface area contributed by atoms with Crippen molar-refractivity contribution in [1.29, 1.82) is 0 Å². The van der Waals surface area contributed by atoms with Gasteiger partial charge in [0.1, 0.15) is 11.8 Å². The lowest BCUT2D eigenvalue weighted by atomic mass is 10.0. The summed E-state index contributed by atoms with van der Waals surface area (Å²) in [4.78, 5) is 44.5. The Hall–Kier alpha value is -2.93. The highest BCUT2D eigenvalue weighted by Crippen LogP contribution is 2.27. The second kappa shape index (κ2) is 8.84. The monoisotopic (exact) mass is 384 g/mol. The minimum absolute atomic E-state index is 0.110. The van der Waals surface area contributed by atoms with E-state index in [0.29, 0.717) is 37.0 Å². The number of carbonyl (C=O) groups excluding carboxylic acids is 3. The van der Waals surface area contributed by atoms with Gasteiger partial charge < -0.3 is 4.42 Å². The van der Waals surface area contributed by atoms with Crippen molar-refractivity contribution in [2.75, 3.05) is 6.61 Å². The molecular weight excluding hydrogens is 360 g/mol. The van der Waals surface area contributed by atoms with Gasteiger partial charge >= 0.3 is 0 Å². The Morgan fingerprint density at radius 1 is 1.11 bits per heavy atom. The van der Waals surface area contributed by atoms with Crippen LogP contribution in [0.25, 0.3) is 0 Å². The summed E-state index contributed by atoms with van der Waals surface area (Å²) in [7, 11) is 0. The van der Waals surface area contributed by atoms with E-state index in [4.69, 9.17) is 9.25 Å². The van der Waals surface area contributed by atoms with Crippen molar-refractivity contribution < 1.29 is 23.6 Å². The van der Waals surface area contributed by atoms with Crippen molar-refractivity contribution in [3.05, 3.63) is 59.5 Å². The Morgan fingerprint density at radius 2 is 1.79 bits per heavy atom. The molecule has 28 heavy (non-hydrogen) atoms. The molecule has 0 saturated heterocycles. The molecule has 0 aliphatic carbocycles. The fourth-order valence-corrected chi connectivity index (χ4v) is 3.23. The summed E-state index contributed by atoms with van der Waals surface area (Å²) in [5, 5.41) is 0. The highest BCUT2D eigenvalue weighted by atomic mass is 16.6. The first-order valence-corrected chi connectivity index (χ1v) is 9.40. The van der Waals surface area contributed by atoms with E-state index in [1.807, 2.05) is 26.0 Å². The molecule has 1 aliphatic heterocycles. The normalized spacial score (nSPS) is 14.5. The number of hydrogen-bond donors (Lipinski definition) is 1. The van der Waals surface area contributed by atoms with Gasteiger partial charge in [-0.3, -0.25) is 24.1 Å². The van der Waals surface area contributed by atoms with Gasteiger partial charge in [-0.05, 0) is 43.0 Å². The molecule has 7 heteroatoms. The maximum absolute atomic E-state index is 12.7. The molecule has 0 bridgehead atoms. The van der Waals surface area contributed by atoms with Crippen LogP contribution in [0.4, 0.5) is 0 Å². The van der Waals surface area contributed by atoms with Crippen LogP contribution in [-0.4, -0.2) is 35.3 Å². The predicted octanol–water partition coefficient (Wildman–Crippen LogP) is 2.97. The van der Waals surface area contributed by atoms with E-state index >= 15 is 0 Å². The SMILES string of the molecule is CC(C)CC(C(=O)NOCCCc1ccco1)N1C(=O)c2ccccc2C1=O. The zero-order chi connectivity index (χ0) is 20.1. The Balaban J connectivity index is 1.61. The maximum Gasteiger partial charge on any atom is 0.266 e. The molecular formula is C21H24N2O5. The van der Waals surface area contributed by atoms with Crippen LogP contribution in [0, 0.1) is 5.92 Å². The van der Waals surface area contributed by atoms with Gasteiger partial charge in [-0.1, -0.05) is 26.0 Å². The number of fused-ring (bicyclic) bond motifs is 1. The molecule has 1 N–H and O–H groups in total. The van der Waals surface area contributed by atoms with Crippen molar-refractivity contribution in [1.82, 2.24) is 10.4 Å². The number of amides is 3. The van der Waals surface area contributed by atoms with E-state index in [2.05, 4.69) is 5.48 Å². The van der Waals surface area contributed by atoms with Gasteiger partial charge in [0.15, 0.2) is 0 Å². The van der Waals surface area contributed by atoms with Crippen LogP contribution in [0.5, 0.6) is 0 Å². The average Bonchev–Trinajstić information content (AvgIpc) is 3.27. The fraction of sp³-hybridized carbons (Fsp3) is 0.381. The van der Waals surface area contributed by atoms with Gasteiger partial charge in [-0.15, -0.1) is 0 Å². The topological polar surface area (TPSA) is 88.8 Å². The van der Waals surface area contributed by atoms with Gasteiger partial charge in [0.2, 0.25) is 0 Å². The fourth-order valence-electron chi connectivity index (χ4n) is 3.23. The number of hydrogen-bond acceptors (Lipinski definition) is 5. The molecule has 3 rings (SSSR count). The van der Waals surface area contributed by atoms with Gasteiger partial charge in [-0.2, -0.15) is 0 Å². The minimum Gasteiger partial charge on any atom is -0.469 e. The average molecular weight is 384 g/mol. The highest BCUT2D eigenvalue weighted by Gasteiger charge is 2.42. The number of imide groups is 1. The van der Waals surface area contributed by atoms with E-state index in [0.717, 1.165) is 10.7 Å². The second-order valence-corrected chi connectivity index (χ2v) is 7.17. The number of carbonyl (C=O) groups is 3. The summed E-state index contributed by atoms with van der Waals surface area (Å²) in [5.41, 5.74) is 3.05. The molecule has 1 aromatic heterocycles. The third-order valence-electron chi connectivity index (χ3n) is 4.56. The molecule has 2 heterocycles. The van der Waals surface area contributed by atoms with Gasteiger partial charge in [0.25, 0.3) is 17.7 Å². The number of nitrogens with zero attached hydrogens (tertiary/aromatic N) is 1. The molecule has 1 atom stereocenters. The van der Waals surface area contributed by atoms with Crippen molar-refractivity contribution in [3.8, 4) is 0 Å². The molecule has 0 spiro atoms. The van der Waals surface area contributed by atoms with E-state index in [1.54, 1.807) is 30.5 Å². The summed E-state index contributed by atoms with van der Waals surface area (Å²) in [6.07, 6.45) is 3.32. The quantitative estimate of drug-likeness (QED) is 0.408. The zero-order valence-electron chi connectivity index (χ0n) is 16.0. The number of aryl methyl sites for hydroxylation is 1. The molecule has 1 unspecified atom stereocenters. The molecule has 1 aliphatic rings. The number of benzene rings is 1. The van der Waals surface area contributed by atoms with Crippen LogP contribution in [0.1, 0.15) is 53.2 Å². The Kier molecular flexibility index (Phi) is 6.26. The molecule has 7 nitrogen and oxygen atoms in total. The molecule has 148 valence electrons. The number of furan rings is 1. The zero-order valence-corrected chi connectivity index (χ0v) is 16.0. The van der Waals surface area contributed by atoms with Crippen LogP contribution < -0.4 is 5.48 Å². The molecule has 3 amide bonds. The van der Waals surface area contributed by atoms with Crippen molar-refractivity contribution in [3.63, 3.8) is 0 Å². The van der Waals surface area contributed by atoms with E-state index in [-0.39, 0.29) is 5.92 Å². The van der Waals surface area contributed by atoms with Crippen LogP contribution in [0.2, 0.25) is 0 Å². The van der Waals surface area contributed by atoms with E-state index in [9.17, 15) is 14.4 Å². The van der Waals surface area contributed by atoms with Crippen molar-refractivity contribution in [2.45, 2.75) is 39.2 Å². The summed E-state index contributed by atoms with van der Waals surface area (Å²) in [5.74, 6) is -0.433. The Bertz CT molecular complexity index is 809. The van der Waals surface area contributed by atoms with Gasteiger partial charge in [0, 0.05) is 6.42 Å². The first kappa shape index (κ1) is 19.8. The molecule has 0 radical (unpaired) electrons. The summed E-state index contributed by atoms with van der Waals surface area (Å²) >= 11 is 0. The smallest absolute Gasteiger partial charge is 0.266 e. The first-order valence-electron chi connectivity index (χ1n) is 9.40. The second-order valence-electron chi connectivity index (χ2n) is 7.17. The lowest BCUT2D eigenvalue weighted by Gasteiger charge is -2.26. The summed E-state index contributed by atoms with van der Waals surface area (Å²) in [6, 6.07) is 9.38. The molecule has 1 aromatic carbocycles. The highest BCUT2D eigenvalue weighted by molar-refractivity contribution is 6.22. The molecule has 0 saturated carbocycles. The van der Waals surface area contributed by atoms with E-state index < -0.39 is 23.8 Å². The standard InChI is InChI=1S/C21H24N2O5/c1-14(2)13-18(19(24)22-28-12-6-8-15-7-5-11-27-15)23-20(25)16-9-3-4-10-17(16)21(23)26/h3-5,7,9-11,14,18H,6,8,12-13H2,1-2H3,(H,22,24). The third kappa shape index (κ3) is 4.31. The van der Waals surface area contributed by atoms with Crippen LogP contribution in [-0.2, 0) is 16.1 Å². The van der Waals surface area contributed by atoms with Crippen LogP contribution in [0.15, 0.2) is 47.1 Å². The molecule has 0 fully saturated rings.